The van der Waals surface area contributed by atoms with Gasteiger partial charge in [-0.2, -0.15) is 0 Å². The van der Waals surface area contributed by atoms with E-state index in [1.807, 2.05) is 19.1 Å². The van der Waals surface area contributed by atoms with Crippen molar-refractivity contribution in [3.63, 3.8) is 0 Å². The van der Waals surface area contributed by atoms with Gasteiger partial charge in [-0.25, -0.2) is 4.39 Å². The molecule has 0 fully saturated rings. The Kier molecular flexibility index (Phi) is 4.53. The number of nitrogens with zero attached hydrogens (tertiary/aromatic N) is 1. The van der Waals surface area contributed by atoms with E-state index >= 15 is 0 Å². The highest BCUT2D eigenvalue weighted by Crippen LogP contribution is 2.39. The van der Waals surface area contributed by atoms with Crippen molar-refractivity contribution in [1.82, 2.24) is 4.57 Å². The number of hydrogen-bond acceptors (Lipinski definition) is 3. The van der Waals surface area contributed by atoms with E-state index in [0.29, 0.717) is 28.6 Å². The van der Waals surface area contributed by atoms with Crippen LogP contribution in [0.3, 0.4) is 0 Å². The molecule has 3 aromatic rings. The summed E-state index contributed by atoms with van der Waals surface area (Å²) >= 11 is 0. The Balaban J connectivity index is 2.15. The lowest BCUT2D eigenvalue weighted by Crippen LogP contribution is -2.23. The van der Waals surface area contributed by atoms with E-state index in [0.717, 1.165) is 47.1 Å². The molecule has 0 saturated carbocycles. The molecule has 1 aliphatic rings. The molecule has 4 nitrogen and oxygen atoms in total. The van der Waals surface area contributed by atoms with E-state index in [2.05, 4.69) is 0 Å². The smallest absolute Gasteiger partial charge is 0.258 e. The van der Waals surface area contributed by atoms with Crippen molar-refractivity contribution in [1.29, 1.82) is 0 Å². The summed E-state index contributed by atoms with van der Waals surface area (Å²) in [6.07, 6.45) is 2.72. The van der Waals surface area contributed by atoms with Crippen LogP contribution in [0.4, 0.5) is 4.39 Å². The first-order valence-corrected chi connectivity index (χ1v) is 9.45. The Morgan fingerprint density at radius 3 is 2.75 bits per heavy atom. The average molecular weight is 379 g/mol. The molecule has 0 spiro atoms. The van der Waals surface area contributed by atoms with Crippen molar-refractivity contribution in [2.24, 2.45) is 7.05 Å². The highest BCUT2D eigenvalue weighted by Gasteiger charge is 2.22. The molecule has 0 radical (unpaired) electrons. The molecule has 144 valence electrons. The van der Waals surface area contributed by atoms with Gasteiger partial charge in [0, 0.05) is 30.1 Å². The summed E-state index contributed by atoms with van der Waals surface area (Å²) in [7, 11) is 1.67. The van der Waals surface area contributed by atoms with Gasteiger partial charge in [0.1, 0.15) is 17.9 Å². The lowest BCUT2D eigenvalue weighted by molar-refractivity contribution is -0.107. The second-order valence-corrected chi connectivity index (χ2v) is 7.37. The molecule has 0 aliphatic carbocycles. The quantitative estimate of drug-likeness (QED) is 0.646. The van der Waals surface area contributed by atoms with Gasteiger partial charge in [0.2, 0.25) is 0 Å². The van der Waals surface area contributed by atoms with Gasteiger partial charge >= 0.3 is 0 Å². The summed E-state index contributed by atoms with van der Waals surface area (Å²) in [5, 5.41) is 1.00. The molecule has 2 aromatic carbocycles. The second-order valence-electron chi connectivity index (χ2n) is 7.37. The summed E-state index contributed by atoms with van der Waals surface area (Å²) < 4.78 is 21.7. The minimum Gasteiger partial charge on any atom is -0.493 e. The molecule has 5 heteroatoms. The van der Waals surface area contributed by atoms with Crippen molar-refractivity contribution in [3.8, 4) is 16.9 Å². The third-order valence-electron chi connectivity index (χ3n) is 5.73. The van der Waals surface area contributed by atoms with Gasteiger partial charge in [0.05, 0.1) is 6.61 Å². The van der Waals surface area contributed by atoms with E-state index in [9.17, 15) is 14.0 Å². The molecule has 0 atom stereocenters. The van der Waals surface area contributed by atoms with E-state index in [1.165, 1.54) is 10.6 Å². The van der Waals surface area contributed by atoms with E-state index in [-0.39, 0.29) is 17.8 Å². The SMILES string of the molecule is Cc1cc2c(=O)n(C)c(CC=O)c(-c3ccc4c(c3C)CCCO4)c2cc1F. The van der Waals surface area contributed by atoms with Crippen molar-refractivity contribution in [2.75, 3.05) is 6.61 Å². The fraction of sp³-hybridized carbons (Fsp3) is 0.304. The predicted molar refractivity (Wildman–Crippen MR) is 108 cm³/mol. The molecule has 1 aliphatic heterocycles. The monoisotopic (exact) mass is 379 g/mol. The molecule has 0 saturated heterocycles. The minimum absolute atomic E-state index is 0.0829. The number of pyridine rings is 1. The fourth-order valence-corrected chi connectivity index (χ4v) is 4.19. The maximum atomic E-state index is 14.5. The summed E-state index contributed by atoms with van der Waals surface area (Å²) in [5.74, 6) is 0.513. The van der Waals surface area contributed by atoms with Gasteiger partial charge in [-0.3, -0.25) is 4.79 Å². The molecule has 1 aromatic heterocycles. The van der Waals surface area contributed by atoms with Crippen LogP contribution in [0.2, 0.25) is 0 Å². The maximum Gasteiger partial charge on any atom is 0.258 e. The Morgan fingerprint density at radius 1 is 1.21 bits per heavy atom. The number of fused-ring (bicyclic) bond motifs is 2. The number of aromatic nitrogens is 1. The Labute approximate surface area is 162 Å². The van der Waals surface area contributed by atoms with Gasteiger partial charge in [-0.15, -0.1) is 0 Å². The van der Waals surface area contributed by atoms with Crippen LogP contribution in [-0.2, 0) is 24.7 Å². The molecule has 0 amide bonds. The van der Waals surface area contributed by atoms with Crippen LogP contribution < -0.4 is 10.3 Å². The predicted octanol–water partition coefficient (Wildman–Crippen LogP) is 4.03. The molecule has 4 rings (SSSR count). The number of carbonyl (C=O) groups is 1. The second kappa shape index (κ2) is 6.89. The number of rotatable bonds is 3. The van der Waals surface area contributed by atoms with E-state index in [1.54, 1.807) is 20.0 Å². The van der Waals surface area contributed by atoms with Crippen molar-refractivity contribution < 1.29 is 13.9 Å². The van der Waals surface area contributed by atoms with Crippen LogP contribution >= 0.6 is 0 Å². The van der Waals surface area contributed by atoms with Gasteiger partial charge in [-0.1, -0.05) is 6.07 Å². The van der Waals surface area contributed by atoms with Crippen molar-refractivity contribution in [3.05, 3.63) is 62.8 Å². The summed E-state index contributed by atoms with van der Waals surface area (Å²) in [6.45, 7) is 4.37. The molecule has 28 heavy (non-hydrogen) atoms. The topological polar surface area (TPSA) is 48.3 Å². The first kappa shape index (κ1) is 18.4. The summed E-state index contributed by atoms with van der Waals surface area (Å²) in [4.78, 5) is 24.3. The number of benzene rings is 2. The first-order valence-electron chi connectivity index (χ1n) is 9.45. The zero-order chi connectivity index (χ0) is 20.0. The highest BCUT2D eigenvalue weighted by atomic mass is 19.1. The van der Waals surface area contributed by atoms with Crippen LogP contribution in [0.15, 0.2) is 29.1 Å². The van der Waals surface area contributed by atoms with Crippen molar-refractivity contribution >= 4 is 17.1 Å². The lowest BCUT2D eigenvalue weighted by Gasteiger charge is -2.23. The highest BCUT2D eigenvalue weighted by molar-refractivity contribution is 5.99. The van der Waals surface area contributed by atoms with Crippen LogP contribution in [0.5, 0.6) is 5.75 Å². The number of halogens is 1. The van der Waals surface area contributed by atoms with Gasteiger partial charge in [-0.05, 0) is 72.5 Å². The van der Waals surface area contributed by atoms with E-state index < -0.39 is 0 Å². The Hall–Kier alpha value is -2.95. The standard InChI is InChI=1S/C23H22FNO3/c1-13-11-18-17(12-19(13)24)22(20(8-9-26)25(3)23(18)27)16-6-7-21-15(14(16)2)5-4-10-28-21/h6-7,9,11-12H,4-5,8,10H2,1-3H3. The van der Waals surface area contributed by atoms with Crippen LogP contribution in [-0.4, -0.2) is 17.5 Å². The summed E-state index contributed by atoms with van der Waals surface area (Å²) in [6, 6.07) is 6.90. The minimum atomic E-state index is -0.363. The first-order chi connectivity index (χ1) is 13.4. The molecular weight excluding hydrogens is 357 g/mol. The van der Waals surface area contributed by atoms with E-state index in [4.69, 9.17) is 4.74 Å². The maximum absolute atomic E-state index is 14.5. The number of hydrogen-bond donors (Lipinski definition) is 0. The van der Waals surface area contributed by atoms with Crippen molar-refractivity contribution in [2.45, 2.75) is 33.1 Å². The molecule has 2 heterocycles. The largest absolute Gasteiger partial charge is 0.493 e. The Bertz CT molecular complexity index is 1180. The fourth-order valence-electron chi connectivity index (χ4n) is 4.19. The van der Waals surface area contributed by atoms with Crippen LogP contribution in [0.25, 0.3) is 21.9 Å². The third-order valence-corrected chi connectivity index (χ3v) is 5.73. The molecule has 0 unspecified atom stereocenters. The van der Waals surface area contributed by atoms with Crippen LogP contribution in [0, 0.1) is 19.7 Å². The van der Waals surface area contributed by atoms with Gasteiger partial charge in [0.25, 0.3) is 5.56 Å². The molecule has 0 bridgehead atoms. The zero-order valence-electron chi connectivity index (χ0n) is 16.3. The number of ether oxygens (including phenoxy) is 1. The van der Waals surface area contributed by atoms with Crippen LogP contribution in [0.1, 0.15) is 28.8 Å². The Morgan fingerprint density at radius 2 is 2.00 bits per heavy atom. The number of aldehydes is 1. The average Bonchev–Trinajstić information content (AvgIpc) is 2.69. The summed E-state index contributed by atoms with van der Waals surface area (Å²) in [5.41, 5.74) is 4.63. The third kappa shape index (κ3) is 2.73. The van der Waals surface area contributed by atoms with Gasteiger partial charge in [0.15, 0.2) is 0 Å². The molecular formula is C23H22FNO3. The lowest BCUT2D eigenvalue weighted by atomic mass is 9.88. The zero-order valence-corrected chi connectivity index (χ0v) is 16.3. The number of carbonyl (C=O) groups excluding carboxylic acids is 1. The normalized spacial score (nSPS) is 13.3. The molecule has 0 N–H and O–H groups in total. The van der Waals surface area contributed by atoms with Gasteiger partial charge < -0.3 is 14.1 Å². The number of aryl methyl sites for hydroxylation is 1.